The molecule has 1 atom stereocenters. The Morgan fingerprint density at radius 3 is 2.86 bits per heavy atom. The summed E-state index contributed by atoms with van der Waals surface area (Å²) in [5.41, 5.74) is 2.36. The van der Waals surface area contributed by atoms with Crippen molar-refractivity contribution in [2.24, 2.45) is 0 Å². The highest BCUT2D eigenvalue weighted by Gasteiger charge is 2.24. The summed E-state index contributed by atoms with van der Waals surface area (Å²) in [6.45, 7) is 6.21. The van der Waals surface area contributed by atoms with E-state index in [0.29, 0.717) is 0 Å². The normalized spacial score (nSPS) is 27.0. The first kappa shape index (κ1) is 11.5. The molecule has 0 aromatic carbocycles. The van der Waals surface area contributed by atoms with Crippen LogP contribution in [0.3, 0.4) is 0 Å². The molecule has 1 aliphatic carbocycles. The van der Waals surface area contributed by atoms with Gasteiger partial charge in [0.1, 0.15) is 0 Å². The van der Waals surface area contributed by atoms with Gasteiger partial charge in [-0.25, -0.2) is 0 Å². The lowest BCUT2D eigenvalue weighted by Gasteiger charge is -2.28. The average molecular weight is 194 g/mol. The minimum Gasteiger partial charge on any atom is -0.390 e. The monoisotopic (exact) mass is 194 g/mol. The average Bonchev–Trinajstić information content (AvgIpc) is 2.01. The molecule has 0 saturated carbocycles. The summed E-state index contributed by atoms with van der Waals surface area (Å²) in [5.74, 6) is 0. The number of rotatable bonds is 3. The van der Waals surface area contributed by atoms with E-state index in [1.54, 1.807) is 0 Å². The van der Waals surface area contributed by atoms with Gasteiger partial charge in [-0.3, -0.25) is 0 Å². The molecule has 1 heteroatoms. The van der Waals surface area contributed by atoms with Gasteiger partial charge in [0.15, 0.2) is 0 Å². The number of aliphatic hydroxyl groups is 1. The Hall–Kier alpha value is -0.560. The van der Waals surface area contributed by atoms with Crippen LogP contribution in [0.2, 0.25) is 0 Å². The summed E-state index contributed by atoms with van der Waals surface area (Å²) in [5, 5.41) is 9.90. The molecule has 1 aliphatic rings. The Labute approximate surface area is 87.5 Å². The van der Waals surface area contributed by atoms with Gasteiger partial charge in [0.25, 0.3) is 0 Å². The first-order valence-electron chi connectivity index (χ1n) is 5.53. The molecule has 1 rings (SSSR count). The molecule has 0 aromatic heterocycles. The molecule has 0 aromatic rings. The molecule has 80 valence electrons. The molecule has 1 unspecified atom stereocenters. The molecule has 0 spiro atoms. The minimum absolute atomic E-state index is 0.449. The van der Waals surface area contributed by atoms with E-state index in [4.69, 9.17) is 0 Å². The van der Waals surface area contributed by atoms with Crippen molar-refractivity contribution < 1.29 is 5.11 Å². The standard InChI is InChI=1S/C13H22O/c1-11(2)6-4-7-12-8-5-9-13(3,14)10-12/h6,8,14H,4-5,7,9-10H2,1-3H3. The number of hydrogen-bond donors (Lipinski definition) is 1. The van der Waals surface area contributed by atoms with Gasteiger partial charge >= 0.3 is 0 Å². The fourth-order valence-electron chi connectivity index (χ4n) is 1.97. The maximum Gasteiger partial charge on any atom is 0.0659 e. The van der Waals surface area contributed by atoms with E-state index in [9.17, 15) is 5.11 Å². The maximum absolute atomic E-state index is 9.90. The summed E-state index contributed by atoms with van der Waals surface area (Å²) < 4.78 is 0. The zero-order valence-electron chi connectivity index (χ0n) is 9.64. The van der Waals surface area contributed by atoms with Crippen molar-refractivity contribution in [1.82, 2.24) is 0 Å². The zero-order chi connectivity index (χ0) is 10.6. The molecule has 1 nitrogen and oxygen atoms in total. The highest BCUT2D eigenvalue weighted by atomic mass is 16.3. The highest BCUT2D eigenvalue weighted by molar-refractivity contribution is 5.11. The second-order valence-electron chi connectivity index (χ2n) is 4.89. The Morgan fingerprint density at radius 1 is 1.57 bits per heavy atom. The molecule has 0 amide bonds. The third-order valence-electron chi connectivity index (χ3n) is 2.74. The molecule has 0 fully saturated rings. The highest BCUT2D eigenvalue weighted by Crippen LogP contribution is 2.29. The van der Waals surface area contributed by atoms with E-state index in [2.05, 4.69) is 26.0 Å². The van der Waals surface area contributed by atoms with Gasteiger partial charge in [0.05, 0.1) is 5.60 Å². The van der Waals surface area contributed by atoms with E-state index in [1.165, 1.54) is 11.1 Å². The lowest BCUT2D eigenvalue weighted by molar-refractivity contribution is 0.0467. The molecule has 14 heavy (non-hydrogen) atoms. The van der Waals surface area contributed by atoms with Crippen molar-refractivity contribution in [2.45, 2.75) is 58.5 Å². The molecule has 0 heterocycles. The van der Waals surface area contributed by atoms with Gasteiger partial charge in [-0.1, -0.05) is 23.3 Å². The lowest BCUT2D eigenvalue weighted by atomic mass is 9.84. The Bertz CT molecular complexity index is 242. The van der Waals surface area contributed by atoms with Crippen LogP contribution in [0.4, 0.5) is 0 Å². The summed E-state index contributed by atoms with van der Waals surface area (Å²) in [6.07, 6.45) is 9.62. The van der Waals surface area contributed by atoms with Crippen LogP contribution >= 0.6 is 0 Å². The van der Waals surface area contributed by atoms with Crippen LogP contribution in [0, 0.1) is 0 Å². The van der Waals surface area contributed by atoms with Crippen molar-refractivity contribution in [3.05, 3.63) is 23.3 Å². The molecular formula is C13H22O. The largest absolute Gasteiger partial charge is 0.390 e. The van der Waals surface area contributed by atoms with Crippen molar-refractivity contribution in [1.29, 1.82) is 0 Å². The van der Waals surface area contributed by atoms with Crippen LogP contribution in [-0.4, -0.2) is 10.7 Å². The minimum atomic E-state index is -0.449. The van der Waals surface area contributed by atoms with Crippen molar-refractivity contribution in [3.63, 3.8) is 0 Å². The van der Waals surface area contributed by atoms with E-state index >= 15 is 0 Å². The topological polar surface area (TPSA) is 20.2 Å². The Morgan fingerprint density at radius 2 is 2.29 bits per heavy atom. The van der Waals surface area contributed by atoms with Gasteiger partial charge in [-0.2, -0.15) is 0 Å². The van der Waals surface area contributed by atoms with Crippen LogP contribution < -0.4 is 0 Å². The summed E-state index contributed by atoms with van der Waals surface area (Å²) in [4.78, 5) is 0. The molecule has 0 bridgehead atoms. The van der Waals surface area contributed by atoms with E-state index in [1.807, 2.05) is 6.92 Å². The summed E-state index contributed by atoms with van der Waals surface area (Å²) in [6, 6.07) is 0. The Balaban J connectivity index is 2.39. The molecule has 0 aliphatic heterocycles. The van der Waals surface area contributed by atoms with Crippen molar-refractivity contribution >= 4 is 0 Å². The van der Waals surface area contributed by atoms with E-state index in [0.717, 1.165) is 32.1 Å². The number of allylic oxidation sites excluding steroid dienone is 3. The second-order valence-corrected chi connectivity index (χ2v) is 4.89. The fraction of sp³-hybridized carbons (Fsp3) is 0.692. The van der Waals surface area contributed by atoms with E-state index < -0.39 is 5.60 Å². The SMILES string of the molecule is CC(C)=CCCC1=CCCC(C)(O)C1. The van der Waals surface area contributed by atoms with Crippen molar-refractivity contribution in [3.8, 4) is 0 Å². The van der Waals surface area contributed by atoms with Crippen LogP contribution in [0.15, 0.2) is 23.3 Å². The van der Waals surface area contributed by atoms with Crippen LogP contribution in [-0.2, 0) is 0 Å². The first-order chi connectivity index (χ1) is 6.49. The quantitative estimate of drug-likeness (QED) is 0.681. The third kappa shape index (κ3) is 4.10. The van der Waals surface area contributed by atoms with Crippen LogP contribution in [0.1, 0.15) is 52.9 Å². The van der Waals surface area contributed by atoms with Crippen molar-refractivity contribution in [2.75, 3.05) is 0 Å². The van der Waals surface area contributed by atoms with Gasteiger partial charge in [0, 0.05) is 0 Å². The molecule has 1 N–H and O–H groups in total. The van der Waals surface area contributed by atoms with Crippen LogP contribution in [0.5, 0.6) is 0 Å². The predicted octanol–water partition coefficient (Wildman–Crippen LogP) is 3.59. The zero-order valence-corrected chi connectivity index (χ0v) is 9.64. The van der Waals surface area contributed by atoms with Gasteiger partial charge in [0.2, 0.25) is 0 Å². The lowest BCUT2D eigenvalue weighted by Crippen LogP contribution is -2.26. The maximum atomic E-state index is 9.90. The van der Waals surface area contributed by atoms with Gasteiger partial charge < -0.3 is 5.11 Å². The fourth-order valence-corrected chi connectivity index (χ4v) is 1.97. The molecular weight excluding hydrogens is 172 g/mol. The molecule has 0 saturated heterocycles. The van der Waals surface area contributed by atoms with E-state index in [-0.39, 0.29) is 0 Å². The summed E-state index contributed by atoms with van der Waals surface area (Å²) >= 11 is 0. The van der Waals surface area contributed by atoms with Crippen LogP contribution in [0.25, 0.3) is 0 Å². The van der Waals surface area contributed by atoms with Gasteiger partial charge in [-0.05, 0) is 52.9 Å². The molecule has 0 radical (unpaired) electrons. The Kier molecular flexibility index (Phi) is 3.94. The summed E-state index contributed by atoms with van der Waals surface area (Å²) in [7, 11) is 0. The smallest absolute Gasteiger partial charge is 0.0659 e. The third-order valence-corrected chi connectivity index (χ3v) is 2.74. The number of hydrogen-bond acceptors (Lipinski definition) is 1. The second kappa shape index (κ2) is 4.79. The van der Waals surface area contributed by atoms with Gasteiger partial charge in [-0.15, -0.1) is 0 Å². The first-order valence-corrected chi connectivity index (χ1v) is 5.53. The predicted molar refractivity (Wildman–Crippen MR) is 61.2 cm³/mol.